The zero-order valence-corrected chi connectivity index (χ0v) is 21.0. The summed E-state index contributed by atoms with van der Waals surface area (Å²) >= 11 is 0. The van der Waals surface area contributed by atoms with Crippen LogP contribution in [0.5, 0.6) is 0 Å². The molecule has 0 radical (unpaired) electrons. The molecule has 5 rings (SSSR count). The Hall–Kier alpha value is -4.51. The van der Waals surface area contributed by atoms with Crippen LogP contribution in [0, 0.1) is 0 Å². The second-order valence-electron chi connectivity index (χ2n) is 9.37. The molecule has 1 aliphatic heterocycles. The Balaban J connectivity index is 1.53. The normalized spacial score (nSPS) is 13.6. The first-order chi connectivity index (χ1) is 18.6. The van der Waals surface area contributed by atoms with E-state index in [-0.39, 0.29) is 23.4 Å². The SMILES string of the molecule is Cn1ccc(-c2cc(C(=O)Nc3cc4c(nc3-c3ccccc3)CCN(CC(N)=O)C4)ccc2C(F)(F)F)n1. The molecule has 0 saturated heterocycles. The largest absolute Gasteiger partial charge is 0.417 e. The van der Waals surface area contributed by atoms with Gasteiger partial charge in [-0.3, -0.25) is 24.2 Å². The molecule has 11 heteroatoms. The zero-order chi connectivity index (χ0) is 27.7. The van der Waals surface area contributed by atoms with Crippen molar-refractivity contribution in [3.63, 3.8) is 0 Å². The van der Waals surface area contributed by atoms with Crippen LogP contribution in [0.4, 0.5) is 18.9 Å². The highest BCUT2D eigenvalue weighted by Gasteiger charge is 2.35. The van der Waals surface area contributed by atoms with Gasteiger partial charge in [-0.2, -0.15) is 18.3 Å². The Morgan fingerprint density at radius 2 is 1.85 bits per heavy atom. The van der Waals surface area contributed by atoms with Crippen molar-refractivity contribution in [3.05, 3.63) is 89.2 Å². The van der Waals surface area contributed by atoms with Crippen LogP contribution in [0.3, 0.4) is 0 Å². The van der Waals surface area contributed by atoms with Crippen LogP contribution in [0.25, 0.3) is 22.5 Å². The summed E-state index contributed by atoms with van der Waals surface area (Å²) < 4.78 is 42.7. The lowest BCUT2D eigenvalue weighted by molar-refractivity contribution is -0.137. The first kappa shape index (κ1) is 26.1. The van der Waals surface area contributed by atoms with E-state index in [2.05, 4.69) is 10.4 Å². The minimum atomic E-state index is -4.62. The summed E-state index contributed by atoms with van der Waals surface area (Å²) in [6, 6.07) is 15.8. The monoisotopic (exact) mass is 534 g/mol. The number of hydrogen-bond donors (Lipinski definition) is 2. The fourth-order valence-electron chi connectivity index (χ4n) is 4.69. The molecule has 0 unspecified atom stereocenters. The highest BCUT2D eigenvalue weighted by atomic mass is 19.4. The van der Waals surface area contributed by atoms with Crippen molar-refractivity contribution < 1.29 is 22.8 Å². The van der Waals surface area contributed by atoms with Crippen molar-refractivity contribution in [1.82, 2.24) is 19.7 Å². The topological polar surface area (TPSA) is 106 Å². The smallest absolute Gasteiger partial charge is 0.369 e. The summed E-state index contributed by atoms with van der Waals surface area (Å²) in [6.07, 6.45) is -2.49. The van der Waals surface area contributed by atoms with Crippen molar-refractivity contribution in [2.45, 2.75) is 19.1 Å². The molecule has 200 valence electrons. The molecule has 4 aromatic rings. The molecule has 2 aromatic heterocycles. The molecule has 3 N–H and O–H groups in total. The number of nitrogens with zero attached hydrogens (tertiary/aromatic N) is 4. The molecule has 0 atom stereocenters. The van der Waals surface area contributed by atoms with E-state index >= 15 is 0 Å². The number of nitrogens with two attached hydrogens (primary N) is 1. The van der Waals surface area contributed by atoms with E-state index in [4.69, 9.17) is 10.7 Å². The molecule has 1 aliphatic rings. The lowest BCUT2D eigenvalue weighted by Crippen LogP contribution is -2.37. The lowest BCUT2D eigenvalue weighted by atomic mass is 9.99. The van der Waals surface area contributed by atoms with E-state index in [1.165, 1.54) is 23.0 Å². The van der Waals surface area contributed by atoms with Crippen LogP contribution < -0.4 is 11.1 Å². The van der Waals surface area contributed by atoms with Gasteiger partial charge in [0.15, 0.2) is 0 Å². The Bertz CT molecular complexity index is 1550. The fraction of sp³-hybridized carbons (Fsp3) is 0.214. The molecule has 0 aliphatic carbocycles. The number of benzene rings is 2. The van der Waals surface area contributed by atoms with Crippen LogP contribution in [-0.4, -0.2) is 44.6 Å². The van der Waals surface area contributed by atoms with Gasteiger partial charge >= 0.3 is 6.18 Å². The maximum absolute atomic E-state index is 13.8. The number of amides is 2. The fourth-order valence-corrected chi connectivity index (χ4v) is 4.69. The molecule has 0 bridgehead atoms. The number of nitrogens with one attached hydrogen (secondary N) is 1. The third kappa shape index (κ3) is 5.68. The first-order valence-corrected chi connectivity index (χ1v) is 12.2. The van der Waals surface area contributed by atoms with Crippen molar-refractivity contribution >= 4 is 17.5 Å². The van der Waals surface area contributed by atoms with E-state index in [0.717, 1.165) is 29.0 Å². The predicted octanol–water partition coefficient (Wildman–Crippen LogP) is 4.26. The number of aryl methyl sites for hydroxylation is 1. The van der Waals surface area contributed by atoms with Gasteiger partial charge in [-0.1, -0.05) is 30.3 Å². The highest BCUT2D eigenvalue weighted by Crippen LogP contribution is 2.37. The minimum absolute atomic E-state index is 0.0377. The summed E-state index contributed by atoms with van der Waals surface area (Å²) in [7, 11) is 1.60. The summed E-state index contributed by atoms with van der Waals surface area (Å²) in [5.41, 5.74) is 7.84. The summed E-state index contributed by atoms with van der Waals surface area (Å²) in [5.74, 6) is -1.03. The number of carbonyl (C=O) groups is 2. The van der Waals surface area contributed by atoms with Crippen LogP contribution in [0.15, 0.2) is 66.9 Å². The Labute approximate surface area is 222 Å². The second-order valence-corrected chi connectivity index (χ2v) is 9.37. The summed E-state index contributed by atoms with van der Waals surface area (Å²) in [6.45, 7) is 1.14. The molecule has 0 spiro atoms. The molecule has 0 fully saturated rings. The zero-order valence-electron chi connectivity index (χ0n) is 21.0. The average molecular weight is 535 g/mol. The van der Waals surface area contributed by atoms with Crippen molar-refractivity contribution in [2.24, 2.45) is 12.8 Å². The van der Waals surface area contributed by atoms with Gasteiger partial charge in [0.2, 0.25) is 5.91 Å². The molecule has 39 heavy (non-hydrogen) atoms. The number of alkyl halides is 3. The van der Waals surface area contributed by atoms with Gasteiger partial charge < -0.3 is 11.1 Å². The van der Waals surface area contributed by atoms with Gasteiger partial charge in [0.05, 0.1) is 29.2 Å². The number of fused-ring (bicyclic) bond motifs is 1. The van der Waals surface area contributed by atoms with Crippen LogP contribution in [0.1, 0.15) is 27.2 Å². The lowest BCUT2D eigenvalue weighted by Gasteiger charge is -2.28. The number of aromatic nitrogens is 3. The first-order valence-electron chi connectivity index (χ1n) is 12.2. The quantitative estimate of drug-likeness (QED) is 0.385. The molecule has 2 aromatic carbocycles. The maximum atomic E-state index is 13.8. The maximum Gasteiger partial charge on any atom is 0.417 e. The van der Waals surface area contributed by atoms with Crippen molar-refractivity contribution in [2.75, 3.05) is 18.4 Å². The third-order valence-corrected chi connectivity index (χ3v) is 6.50. The van der Waals surface area contributed by atoms with Crippen LogP contribution in [0.2, 0.25) is 0 Å². The second kappa shape index (κ2) is 10.3. The van der Waals surface area contributed by atoms with E-state index in [1.54, 1.807) is 13.1 Å². The van der Waals surface area contributed by atoms with E-state index in [9.17, 15) is 22.8 Å². The average Bonchev–Trinajstić information content (AvgIpc) is 3.33. The Morgan fingerprint density at radius 1 is 1.08 bits per heavy atom. The third-order valence-electron chi connectivity index (χ3n) is 6.50. The number of rotatable bonds is 6. The number of carbonyl (C=O) groups excluding carboxylic acids is 2. The van der Waals surface area contributed by atoms with Crippen LogP contribution >= 0.6 is 0 Å². The highest BCUT2D eigenvalue weighted by molar-refractivity contribution is 6.06. The van der Waals surface area contributed by atoms with E-state index in [1.807, 2.05) is 35.2 Å². The summed E-state index contributed by atoms with van der Waals surface area (Å²) in [5, 5.41) is 6.96. The Morgan fingerprint density at radius 3 is 2.51 bits per heavy atom. The van der Waals surface area contributed by atoms with Gasteiger partial charge in [0.25, 0.3) is 5.91 Å². The number of pyridine rings is 1. The van der Waals surface area contributed by atoms with Crippen molar-refractivity contribution in [1.29, 1.82) is 0 Å². The minimum Gasteiger partial charge on any atom is -0.369 e. The van der Waals surface area contributed by atoms with Gasteiger partial charge in [-0.25, -0.2) is 0 Å². The molecule has 3 heterocycles. The Kier molecular flexibility index (Phi) is 6.92. The molecule has 0 saturated carbocycles. The van der Waals surface area contributed by atoms with Gasteiger partial charge in [-0.15, -0.1) is 0 Å². The molecule has 2 amide bonds. The number of anilines is 1. The van der Waals surface area contributed by atoms with Gasteiger partial charge in [-0.05, 0) is 35.9 Å². The van der Waals surface area contributed by atoms with Gasteiger partial charge in [0.1, 0.15) is 0 Å². The number of primary amides is 1. The molecular formula is C28H25F3N6O2. The number of hydrogen-bond acceptors (Lipinski definition) is 5. The van der Waals surface area contributed by atoms with Crippen molar-refractivity contribution in [3.8, 4) is 22.5 Å². The van der Waals surface area contributed by atoms with Gasteiger partial charge in [0, 0.05) is 55.1 Å². The van der Waals surface area contributed by atoms with Crippen LogP contribution in [-0.2, 0) is 31.0 Å². The predicted molar refractivity (Wildman–Crippen MR) is 139 cm³/mol. The van der Waals surface area contributed by atoms with E-state index < -0.39 is 23.6 Å². The molecule has 8 nitrogen and oxygen atoms in total. The van der Waals surface area contributed by atoms with E-state index in [0.29, 0.717) is 30.9 Å². The summed E-state index contributed by atoms with van der Waals surface area (Å²) in [4.78, 5) is 31.6. The molecular weight excluding hydrogens is 509 g/mol. The number of halogens is 3. The standard InChI is InChI=1S/C28H25F3N6O2/c1-36-11-9-23(35-36)20-13-18(7-8-21(20)28(29,30)31)27(39)34-24-14-19-15-37(16-25(32)38)12-10-22(19)33-26(24)17-5-3-2-4-6-17/h2-9,11,13-14H,10,12,15-16H2,1H3,(H2,32,38)(H,34,39).